The van der Waals surface area contributed by atoms with Gasteiger partial charge in [-0.15, -0.1) is 0 Å². The lowest BCUT2D eigenvalue weighted by Gasteiger charge is -2.33. The third kappa shape index (κ3) is 4.01. The molecule has 2 aliphatic rings. The number of nitrogens with one attached hydrogen (secondary N) is 1. The van der Waals surface area contributed by atoms with E-state index < -0.39 is 6.10 Å². The van der Waals surface area contributed by atoms with Gasteiger partial charge in [-0.2, -0.15) is 0 Å². The molecule has 0 spiro atoms. The Labute approximate surface area is 124 Å². The Bertz CT molecular complexity index is 467. The van der Waals surface area contributed by atoms with Crippen molar-refractivity contribution >= 4 is 0 Å². The van der Waals surface area contributed by atoms with Crippen LogP contribution in [0.3, 0.4) is 0 Å². The Morgan fingerprint density at radius 1 is 1.38 bits per heavy atom. The molecule has 2 N–H and O–H groups in total. The summed E-state index contributed by atoms with van der Waals surface area (Å²) in [4.78, 5) is 2.49. The van der Waals surface area contributed by atoms with Crippen molar-refractivity contribution in [1.82, 2.24) is 10.2 Å². The van der Waals surface area contributed by atoms with Gasteiger partial charge in [-0.1, -0.05) is 18.2 Å². The minimum Gasteiger partial charge on any atom is -0.387 e. The molecule has 4 nitrogen and oxygen atoms in total. The number of benzene rings is 1. The van der Waals surface area contributed by atoms with Crippen LogP contribution in [0, 0.1) is 5.82 Å². The summed E-state index contributed by atoms with van der Waals surface area (Å²) in [6.45, 7) is 3.78. The van der Waals surface area contributed by atoms with Gasteiger partial charge in [0.05, 0.1) is 18.8 Å². The number of ether oxygens (including phenoxy) is 1. The Balaban J connectivity index is 1.42. The van der Waals surface area contributed by atoms with Gasteiger partial charge in [0.2, 0.25) is 0 Å². The van der Waals surface area contributed by atoms with Gasteiger partial charge >= 0.3 is 0 Å². The van der Waals surface area contributed by atoms with Gasteiger partial charge in [0.1, 0.15) is 5.82 Å². The molecule has 5 heteroatoms. The first kappa shape index (κ1) is 14.9. The van der Waals surface area contributed by atoms with E-state index in [4.69, 9.17) is 4.74 Å². The van der Waals surface area contributed by atoms with E-state index in [9.17, 15) is 9.50 Å². The fourth-order valence-corrected chi connectivity index (χ4v) is 2.87. The van der Waals surface area contributed by atoms with Crippen LogP contribution in [-0.2, 0) is 4.74 Å². The minimum atomic E-state index is -0.825. The molecule has 0 radical (unpaired) electrons. The van der Waals surface area contributed by atoms with Crippen molar-refractivity contribution in [3.05, 3.63) is 35.6 Å². The molecule has 0 aromatic heterocycles. The highest BCUT2D eigenvalue weighted by molar-refractivity contribution is 5.19. The number of hydrogen-bond acceptors (Lipinski definition) is 4. The second-order valence-corrected chi connectivity index (χ2v) is 5.91. The molecule has 1 aliphatic heterocycles. The van der Waals surface area contributed by atoms with Crippen molar-refractivity contribution < 1.29 is 14.2 Å². The monoisotopic (exact) mass is 294 g/mol. The van der Waals surface area contributed by atoms with Gasteiger partial charge in [0.25, 0.3) is 0 Å². The summed E-state index contributed by atoms with van der Waals surface area (Å²) in [6, 6.07) is 7.12. The largest absolute Gasteiger partial charge is 0.387 e. The molecule has 21 heavy (non-hydrogen) atoms. The molecule has 1 heterocycles. The van der Waals surface area contributed by atoms with Crippen molar-refractivity contribution in [2.75, 3.05) is 32.8 Å². The fraction of sp³-hybridized carbons (Fsp3) is 0.625. The lowest BCUT2D eigenvalue weighted by molar-refractivity contribution is -0.0309. The third-order valence-corrected chi connectivity index (χ3v) is 4.21. The second kappa shape index (κ2) is 6.83. The summed E-state index contributed by atoms with van der Waals surface area (Å²) in [5.74, 6) is -0.361. The molecule has 2 atom stereocenters. The van der Waals surface area contributed by atoms with Crippen LogP contribution in [0.25, 0.3) is 0 Å². The zero-order valence-corrected chi connectivity index (χ0v) is 12.2. The van der Waals surface area contributed by atoms with Gasteiger partial charge in [0.15, 0.2) is 0 Å². The molecule has 1 aromatic carbocycles. The lowest BCUT2D eigenvalue weighted by atomic mass is 10.1. The maximum Gasteiger partial charge on any atom is 0.129 e. The molecule has 1 saturated heterocycles. The highest BCUT2D eigenvalue weighted by Crippen LogP contribution is 2.28. The molecule has 0 amide bonds. The molecular weight excluding hydrogens is 271 g/mol. The SMILES string of the molecule is O[C@@H](CNC[C@@H]1CN(C2CC2)CCO1)c1ccccc1F. The molecule has 1 aromatic rings. The zero-order valence-electron chi connectivity index (χ0n) is 12.2. The van der Waals surface area contributed by atoms with Crippen molar-refractivity contribution in [2.45, 2.75) is 31.1 Å². The predicted octanol–water partition coefficient (Wildman–Crippen LogP) is 1.31. The van der Waals surface area contributed by atoms with Crippen LogP contribution in [0.5, 0.6) is 0 Å². The zero-order chi connectivity index (χ0) is 14.7. The van der Waals surface area contributed by atoms with Crippen LogP contribution in [0.1, 0.15) is 24.5 Å². The molecule has 0 unspecified atom stereocenters. The van der Waals surface area contributed by atoms with Crippen LogP contribution >= 0.6 is 0 Å². The normalized spacial score (nSPS) is 25.0. The van der Waals surface area contributed by atoms with Crippen LogP contribution in [-0.4, -0.2) is 54.9 Å². The maximum atomic E-state index is 13.5. The summed E-state index contributed by atoms with van der Waals surface area (Å²) >= 11 is 0. The van der Waals surface area contributed by atoms with E-state index in [2.05, 4.69) is 10.2 Å². The number of halogens is 1. The molecular formula is C16H23FN2O2. The van der Waals surface area contributed by atoms with Crippen molar-refractivity contribution in [1.29, 1.82) is 0 Å². The summed E-state index contributed by atoms with van der Waals surface area (Å²) in [6.07, 6.45) is 1.96. The van der Waals surface area contributed by atoms with Crippen LogP contribution in [0.2, 0.25) is 0 Å². The van der Waals surface area contributed by atoms with E-state index in [-0.39, 0.29) is 11.9 Å². The Morgan fingerprint density at radius 3 is 2.95 bits per heavy atom. The van der Waals surface area contributed by atoms with E-state index in [1.54, 1.807) is 18.2 Å². The van der Waals surface area contributed by atoms with E-state index in [0.29, 0.717) is 18.7 Å². The van der Waals surface area contributed by atoms with Gasteiger partial charge in [-0.3, -0.25) is 4.90 Å². The Kier molecular flexibility index (Phi) is 4.85. The number of hydrogen-bond donors (Lipinski definition) is 2. The standard InChI is InChI=1S/C16H23FN2O2/c17-15-4-2-1-3-14(15)16(20)10-18-9-13-11-19(7-8-21-13)12-5-6-12/h1-4,12-13,16,18,20H,5-11H2/t13-,16+/m1/s1. The number of rotatable bonds is 6. The van der Waals surface area contributed by atoms with Crippen molar-refractivity contribution in [2.24, 2.45) is 0 Å². The first-order valence-corrected chi connectivity index (χ1v) is 7.73. The number of aliphatic hydroxyl groups excluding tert-OH is 1. The third-order valence-electron chi connectivity index (χ3n) is 4.21. The molecule has 1 saturated carbocycles. The highest BCUT2D eigenvalue weighted by Gasteiger charge is 2.32. The fourth-order valence-electron chi connectivity index (χ4n) is 2.87. The second-order valence-electron chi connectivity index (χ2n) is 5.91. The lowest BCUT2D eigenvalue weighted by Crippen LogP contribution is -2.47. The van der Waals surface area contributed by atoms with Crippen LogP contribution < -0.4 is 5.32 Å². The molecule has 3 rings (SSSR count). The average Bonchev–Trinajstić information content (AvgIpc) is 3.32. The summed E-state index contributed by atoms with van der Waals surface area (Å²) in [5.41, 5.74) is 0.342. The van der Waals surface area contributed by atoms with E-state index in [1.165, 1.54) is 18.9 Å². The summed E-state index contributed by atoms with van der Waals surface area (Å²) in [7, 11) is 0. The first-order chi connectivity index (χ1) is 10.2. The van der Waals surface area contributed by atoms with Gasteiger partial charge < -0.3 is 15.2 Å². The Hall–Kier alpha value is -1.01. The number of aliphatic hydroxyl groups is 1. The van der Waals surface area contributed by atoms with Crippen LogP contribution in [0.15, 0.2) is 24.3 Å². The summed E-state index contributed by atoms with van der Waals surface area (Å²) < 4.78 is 19.3. The molecule has 1 aliphatic carbocycles. The minimum absolute atomic E-state index is 0.159. The van der Waals surface area contributed by atoms with E-state index in [1.807, 2.05) is 0 Å². The molecule has 2 fully saturated rings. The van der Waals surface area contributed by atoms with E-state index in [0.717, 1.165) is 25.7 Å². The average molecular weight is 294 g/mol. The quantitative estimate of drug-likeness (QED) is 0.830. The van der Waals surface area contributed by atoms with Gasteiger partial charge in [-0.25, -0.2) is 4.39 Å². The predicted molar refractivity (Wildman–Crippen MR) is 78.6 cm³/mol. The first-order valence-electron chi connectivity index (χ1n) is 7.73. The van der Waals surface area contributed by atoms with E-state index >= 15 is 0 Å². The smallest absolute Gasteiger partial charge is 0.129 e. The van der Waals surface area contributed by atoms with Gasteiger partial charge in [0, 0.05) is 37.8 Å². The van der Waals surface area contributed by atoms with Gasteiger partial charge in [-0.05, 0) is 18.9 Å². The number of nitrogens with zero attached hydrogens (tertiary/aromatic N) is 1. The Morgan fingerprint density at radius 2 is 2.19 bits per heavy atom. The van der Waals surface area contributed by atoms with Crippen molar-refractivity contribution in [3.63, 3.8) is 0 Å². The van der Waals surface area contributed by atoms with Crippen molar-refractivity contribution in [3.8, 4) is 0 Å². The topological polar surface area (TPSA) is 44.7 Å². The highest BCUT2D eigenvalue weighted by atomic mass is 19.1. The van der Waals surface area contributed by atoms with Crippen LogP contribution in [0.4, 0.5) is 4.39 Å². The molecule has 116 valence electrons. The summed E-state index contributed by atoms with van der Waals surface area (Å²) in [5, 5.41) is 13.2. The maximum absolute atomic E-state index is 13.5. The molecule has 0 bridgehead atoms. The number of morpholine rings is 1.